The maximum absolute atomic E-state index is 12.5. The largest absolute Gasteiger partial charge is 0.466 e. The summed E-state index contributed by atoms with van der Waals surface area (Å²) >= 11 is 0. The Morgan fingerprint density at radius 2 is 0.580 bits per heavy atom. The standard InChI is InChI=1S/C75H147NO5/c1-3-5-7-9-11-13-15-17-18-38-41-44-47-51-55-59-63-67-73(78)72(71-77)76-74(79)68-64-60-56-52-48-45-42-39-36-34-32-30-28-26-24-22-20-19-21-23-25-27-29-31-33-35-37-40-43-46-50-54-58-62-66-70-81-75(80)69-65-61-57-53-49-16-14-12-10-8-6-4-2/h21,23,72-73,77-78H,3-20,22,24-71H2,1-2H3,(H,76,79)/b23-21-. The van der Waals surface area contributed by atoms with Crippen LogP contribution in [0.1, 0.15) is 431 Å². The van der Waals surface area contributed by atoms with Crippen molar-refractivity contribution in [2.45, 2.75) is 443 Å². The molecule has 0 aromatic heterocycles. The third kappa shape index (κ3) is 67.6. The molecular formula is C75H147NO5. The van der Waals surface area contributed by atoms with Gasteiger partial charge in [-0.3, -0.25) is 9.59 Å². The van der Waals surface area contributed by atoms with Crippen LogP contribution in [-0.4, -0.2) is 47.4 Å². The van der Waals surface area contributed by atoms with Gasteiger partial charge in [-0.2, -0.15) is 0 Å². The number of aliphatic hydroxyl groups excluding tert-OH is 2. The highest BCUT2D eigenvalue weighted by Gasteiger charge is 2.20. The van der Waals surface area contributed by atoms with Gasteiger partial charge in [0.25, 0.3) is 0 Å². The predicted octanol–water partition coefficient (Wildman–Crippen LogP) is 24.3. The van der Waals surface area contributed by atoms with Crippen LogP contribution in [0.5, 0.6) is 0 Å². The number of carbonyl (C=O) groups is 2. The molecule has 482 valence electrons. The van der Waals surface area contributed by atoms with Gasteiger partial charge in [0, 0.05) is 12.8 Å². The number of amides is 1. The molecule has 0 radical (unpaired) electrons. The number of hydrogen-bond acceptors (Lipinski definition) is 5. The summed E-state index contributed by atoms with van der Waals surface area (Å²) in [5.41, 5.74) is 0. The number of carbonyl (C=O) groups excluding carboxylic acids is 2. The molecule has 1 amide bonds. The van der Waals surface area contributed by atoms with Crippen molar-refractivity contribution in [3.05, 3.63) is 12.2 Å². The summed E-state index contributed by atoms with van der Waals surface area (Å²) in [6.45, 7) is 5.00. The van der Waals surface area contributed by atoms with E-state index in [1.165, 1.54) is 360 Å². The molecule has 0 rings (SSSR count). The van der Waals surface area contributed by atoms with Gasteiger partial charge >= 0.3 is 5.97 Å². The number of nitrogens with one attached hydrogen (secondary N) is 1. The summed E-state index contributed by atoms with van der Waals surface area (Å²) in [4.78, 5) is 24.6. The average Bonchev–Trinajstić information content (AvgIpc) is 3.47. The molecule has 0 aliphatic carbocycles. The van der Waals surface area contributed by atoms with E-state index in [4.69, 9.17) is 4.74 Å². The van der Waals surface area contributed by atoms with Gasteiger partial charge < -0.3 is 20.3 Å². The summed E-state index contributed by atoms with van der Waals surface area (Å²) in [5, 5.41) is 23.4. The van der Waals surface area contributed by atoms with Gasteiger partial charge in [-0.25, -0.2) is 0 Å². The van der Waals surface area contributed by atoms with E-state index in [2.05, 4.69) is 31.3 Å². The quantitative estimate of drug-likeness (QED) is 0.0320. The Morgan fingerprint density at radius 3 is 0.877 bits per heavy atom. The smallest absolute Gasteiger partial charge is 0.305 e. The average molecular weight is 1140 g/mol. The van der Waals surface area contributed by atoms with E-state index in [0.717, 1.165) is 38.5 Å². The number of esters is 1. The van der Waals surface area contributed by atoms with Crippen LogP contribution in [0.4, 0.5) is 0 Å². The molecular weight excluding hydrogens is 995 g/mol. The molecule has 2 unspecified atom stereocenters. The minimum atomic E-state index is -0.661. The van der Waals surface area contributed by atoms with E-state index in [1.807, 2.05) is 0 Å². The van der Waals surface area contributed by atoms with Gasteiger partial charge in [0.1, 0.15) is 0 Å². The molecule has 0 saturated carbocycles. The summed E-state index contributed by atoms with van der Waals surface area (Å²) in [7, 11) is 0. The first-order valence-electron chi connectivity index (χ1n) is 37.4. The van der Waals surface area contributed by atoms with Crippen LogP contribution in [0, 0.1) is 0 Å². The molecule has 0 saturated heterocycles. The lowest BCUT2D eigenvalue weighted by Crippen LogP contribution is -2.45. The van der Waals surface area contributed by atoms with Gasteiger partial charge in [0.15, 0.2) is 0 Å². The monoisotopic (exact) mass is 1140 g/mol. The fourth-order valence-electron chi connectivity index (χ4n) is 12.1. The van der Waals surface area contributed by atoms with Crippen LogP contribution < -0.4 is 5.32 Å². The molecule has 0 spiro atoms. The minimum absolute atomic E-state index is 0.0218. The second-order valence-electron chi connectivity index (χ2n) is 26.0. The van der Waals surface area contributed by atoms with Crippen LogP contribution >= 0.6 is 0 Å². The normalized spacial score (nSPS) is 12.5. The Hall–Kier alpha value is -1.40. The molecule has 0 bridgehead atoms. The van der Waals surface area contributed by atoms with Gasteiger partial charge in [-0.15, -0.1) is 0 Å². The van der Waals surface area contributed by atoms with E-state index < -0.39 is 12.1 Å². The van der Waals surface area contributed by atoms with E-state index in [1.54, 1.807) is 0 Å². The zero-order valence-corrected chi connectivity index (χ0v) is 55.3. The van der Waals surface area contributed by atoms with Crippen molar-refractivity contribution in [1.82, 2.24) is 5.32 Å². The topological polar surface area (TPSA) is 95.9 Å². The molecule has 0 aliphatic heterocycles. The summed E-state index contributed by atoms with van der Waals surface area (Å²) < 4.78 is 5.49. The summed E-state index contributed by atoms with van der Waals surface area (Å²) in [6.07, 6.45) is 88.6. The fraction of sp³-hybridized carbons (Fsp3) is 0.947. The highest BCUT2D eigenvalue weighted by Crippen LogP contribution is 2.20. The second kappa shape index (κ2) is 71.1. The Balaban J connectivity index is 3.33. The lowest BCUT2D eigenvalue weighted by molar-refractivity contribution is -0.143. The Morgan fingerprint density at radius 1 is 0.333 bits per heavy atom. The first-order chi connectivity index (χ1) is 40.0. The number of aliphatic hydroxyl groups is 2. The number of allylic oxidation sites excluding steroid dienone is 2. The molecule has 2 atom stereocenters. The molecule has 6 nitrogen and oxygen atoms in total. The van der Waals surface area contributed by atoms with Crippen molar-refractivity contribution >= 4 is 11.9 Å². The van der Waals surface area contributed by atoms with E-state index >= 15 is 0 Å². The van der Waals surface area contributed by atoms with Crippen molar-refractivity contribution in [2.24, 2.45) is 0 Å². The summed E-state index contributed by atoms with van der Waals surface area (Å²) in [5.74, 6) is -0.00519. The molecule has 3 N–H and O–H groups in total. The molecule has 0 aliphatic rings. The highest BCUT2D eigenvalue weighted by molar-refractivity contribution is 5.76. The van der Waals surface area contributed by atoms with Crippen LogP contribution in [0.2, 0.25) is 0 Å². The Bertz CT molecular complexity index is 1220. The Labute approximate surface area is 508 Å². The van der Waals surface area contributed by atoms with Crippen molar-refractivity contribution in [2.75, 3.05) is 13.2 Å². The maximum atomic E-state index is 12.5. The Kier molecular flexibility index (Phi) is 69.9. The van der Waals surface area contributed by atoms with Crippen molar-refractivity contribution in [3.63, 3.8) is 0 Å². The molecule has 6 heteroatoms. The first-order valence-corrected chi connectivity index (χ1v) is 37.4. The minimum Gasteiger partial charge on any atom is -0.466 e. The van der Waals surface area contributed by atoms with Crippen LogP contribution in [-0.2, 0) is 14.3 Å². The molecule has 0 aromatic rings. The summed E-state index contributed by atoms with van der Waals surface area (Å²) in [6, 6.07) is -0.538. The number of unbranched alkanes of at least 4 members (excludes halogenated alkanes) is 58. The van der Waals surface area contributed by atoms with E-state index in [9.17, 15) is 19.8 Å². The van der Waals surface area contributed by atoms with Gasteiger partial charge in [0.05, 0.1) is 25.4 Å². The van der Waals surface area contributed by atoms with Crippen LogP contribution in [0.3, 0.4) is 0 Å². The predicted molar refractivity (Wildman–Crippen MR) is 357 cm³/mol. The van der Waals surface area contributed by atoms with Crippen LogP contribution in [0.25, 0.3) is 0 Å². The SMILES string of the molecule is CCCCCCCCCCCCCCCCCCCC(O)C(CO)NC(=O)CCCCCCCCCCCCCCCCCCC/C=C\CCCCCCCCCCCCCCCCOC(=O)CCCCCCCCCCCCCC. The second-order valence-corrected chi connectivity index (χ2v) is 26.0. The molecule has 0 heterocycles. The third-order valence-corrected chi connectivity index (χ3v) is 17.8. The van der Waals surface area contributed by atoms with Crippen molar-refractivity contribution < 1.29 is 24.5 Å². The van der Waals surface area contributed by atoms with E-state index in [0.29, 0.717) is 25.9 Å². The number of rotatable bonds is 71. The molecule has 0 fully saturated rings. The molecule has 0 aromatic carbocycles. The van der Waals surface area contributed by atoms with Crippen molar-refractivity contribution in [3.8, 4) is 0 Å². The lowest BCUT2D eigenvalue weighted by Gasteiger charge is -2.22. The van der Waals surface area contributed by atoms with Gasteiger partial charge in [-0.1, -0.05) is 379 Å². The molecule has 81 heavy (non-hydrogen) atoms. The zero-order chi connectivity index (χ0) is 58.5. The van der Waals surface area contributed by atoms with Crippen LogP contribution in [0.15, 0.2) is 12.2 Å². The van der Waals surface area contributed by atoms with Gasteiger partial charge in [-0.05, 0) is 51.4 Å². The number of hydrogen-bond donors (Lipinski definition) is 3. The highest BCUT2D eigenvalue weighted by atomic mass is 16.5. The third-order valence-electron chi connectivity index (χ3n) is 17.8. The van der Waals surface area contributed by atoms with Gasteiger partial charge in [0.2, 0.25) is 5.91 Å². The number of ether oxygens (including phenoxy) is 1. The lowest BCUT2D eigenvalue weighted by atomic mass is 10.0. The zero-order valence-electron chi connectivity index (χ0n) is 55.3. The fourth-order valence-corrected chi connectivity index (χ4v) is 12.1. The first kappa shape index (κ1) is 79.6. The van der Waals surface area contributed by atoms with E-state index in [-0.39, 0.29) is 18.5 Å². The maximum Gasteiger partial charge on any atom is 0.305 e. The van der Waals surface area contributed by atoms with Crippen molar-refractivity contribution in [1.29, 1.82) is 0 Å².